The molecular formula is C21H19NO4S2. The van der Waals surface area contributed by atoms with Crippen LogP contribution in [-0.4, -0.2) is 20.9 Å². The summed E-state index contributed by atoms with van der Waals surface area (Å²) in [4.78, 5) is 13.6. The van der Waals surface area contributed by atoms with Crippen molar-refractivity contribution in [1.82, 2.24) is 0 Å². The van der Waals surface area contributed by atoms with Crippen LogP contribution in [-0.2, 0) is 14.6 Å². The summed E-state index contributed by atoms with van der Waals surface area (Å²) in [7, 11) is -3.71. The highest BCUT2D eigenvalue weighted by Crippen LogP contribution is 2.46. The first-order chi connectivity index (χ1) is 13.5. The lowest BCUT2D eigenvalue weighted by atomic mass is 9.90. The molecule has 4 rings (SSSR count). The predicted octanol–water partition coefficient (Wildman–Crippen LogP) is 4.45. The van der Waals surface area contributed by atoms with Gasteiger partial charge in [-0.25, -0.2) is 8.42 Å². The number of anilines is 1. The molecule has 7 heteroatoms. The van der Waals surface area contributed by atoms with Crippen LogP contribution in [0.4, 0.5) is 5.69 Å². The molecule has 0 saturated heterocycles. The highest BCUT2D eigenvalue weighted by atomic mass is 32.2. The van der Waals surface area contributed by atoms with Crippen molar-refractivity contribution in [3.05, 3.63) is 70.4 Å². The van der Waals surface area contributed by atoms with Gasteiger partial charge in [-0.15, -0.1) is 11.3 Å². The molecule has 0 fully saturated rings. The molecule has 0 saturated carbocycles. The lowest BCUT2D eigenvalue weighted by Gasteiger charge is -2.24. The Bertz CT molecular complexity index is 1120. The number of carbonyl (C=O) groups is 1. The standard InChI is InChI=1S/C21H19NO4S2/c1-2-26-15-8-6-7-14(11-15)17-12-19(23)22-20-18(13-27-21(17)20)28(24,25)16-9-4-3-5-10-16/h3-11,13,17H,2,12H2,1H3,(H,22,23). The number of rotatable bonds is 5. The van der Waals surface area contributed by atoms with E-state index in [9.17, 15) is 13.2 Å². The average molecular weight is 414 g/mol. The fourth-order valence-corrected chi connectivity index (χ4v) is 6.31. The van der Waals surface area contributed by atoms with Gasteiger partial charge < -0.3 is 10.1 Å². The Morgan fingerprint density at radius 2 is 1.93 bits per heavy atom. The van der Waals surface area contributed by atoms with Gasteiger partial charge in [0, 0.05) is 22.6 Å². The van der Waals surface area contributed by atoms with Crippen LogP contribution in [0.2, 0.25) is 0 Å². The zero-order chi connectivity index (χ0) is 19.7. The molecule has 2 heterocycles. The molecule has 0 radical (unpaired) electrons. The number of hydrogen-bond acceptors (Lipinski definition) is 5. The Morgan fingerprint density at radius 3 is 2.68 bits per heavy atom. The van der Waals surface area contributed by atoms with Gasteiger partial charge in [-0.3, -0.25) is 4.79 Å². The van der Waals surface area contributed by atoms with E-state index in [1.165, 1.54) is 11.3 Å². The summed E-state index contributed by atoms with van der Waals surface area (Å²) in [5.41, 5.74) is 1.34. The normalized spacial score (nSPS) is 16.3. The van der Waals surface area contributed by atoms with E-state index >= 15 is 0 Å². The van der Waals surface area contributed by atoms with E-state index in [0.29, 0.717) is 12.3 Å². The smallest absolute Gasteiger partial charge is 0.225 e. The summed E-state index contributed by atoms with van der Waals surface area (Å²) >= 11 is 1.36. The zero-order valence-electron chi connectivity index (χ0n) is 15.2. The average Bonchev–Trinajstić information content (AvgIpc) is 3.13. The van der Waals surface area contributed by atoms with Crippen molar-refractivity contribution in [1.29, 1.82) is 0 Å². The molecule has 0 aliphatic carbocycles. The second-order valence-electron chi connectivity index (χ2n) is 6.47. The van der Waals surface area contributed by atoms with Gasteiger partial charge in [0.25, 0.3) is 0 Å². The molecule has 1 aliphatic heterocycles. The number of thiophene rings is 1. The third-order valence-corrected chi connectivity index (χ3v) is 7.71. The van der Waals surface area contributed by atoms with Crippen LogP contribution in [0.1, 0.15) is 29.7 Å². The first kappa shape index (κ1) is 18.7. The van der Waals surface area contributed by atoms with Crippen LogP contribution in [0.5, 0.6) is 5.75 Å². The van der Waals surface area contributed by atoms with Crippen LogP contribution in [0.3, 0.4) is 0 Å². The van der Waals surface area contributed by atoms with E-state index in [1.807, 2.05) is 31.2 Å². The van der Waals surface area contributed by atoms with E-state index in [0.717, 1.165) is 16.2 Å². The van der Waals surface area contributed by atoms with Crippen LogP contribution in [0.15, 0.2) is 69.8 Å². The van der Waals surface area contributed by atoms with Gasteiger partial charge in [0.1, 0.15) is 10.6 Å². The number of carbonyl (C=O) groups excluding carboxylic acids is 1. The number of amides is 1. The molecule has 3 aromatic rings. The molecule has 1 amide bonds. The number of hydrogen-bond donors (Lipinski definition) is 1. The summed E-state index contributed by atoms with van der Waals surface area (Å²) in [6.07, 6.45) is 0.272. The van der Waals surface area contributed by atoms with E-state index in [1.54, 1.807) is 35.7 Å². The van der Waals surface area contributed by atoms with Crippen molar-refractivity contribution in [2.24, 2.45) is 0 Å². The summed E-state index contributed by atoms with van der Waals surface area (Å²) in [5.74, 6) is 0.345. The van der Waals surface area contributed by atoms with Gasteiger partial charge >= 0.3 is 0 Å². The molecule has 0 spiro atoms. The number of ether oxygens (including phenoxy) is 1. The number of sulfone groups is 1. The molecule has 1 N–H and O–H groups in total. The Balaban J connectivity index is 1.80. The first-order valence-corrected chi connectivity index (χ1v) is 11.3. The summed E-state index contributed by atoms with van der Waals surface area (Å²) in [6, 6.07) is 15.9. The molecule has 144 valence electrons. The van der Waals surface area contributed by atoms with Crippen LogP contribution >= 0.6 is 11.3 Å². The number of fused-ring (bicyclic) bond motifs is 1. The van der Waals surface area contributed by atoms with E-state index < -0.39 is 9.84 Å². The van der Waals surface area contributed by atoms with Crippen molar-refractivity contribution < 1.29 is 17.9 Å². The van der Waals surface area contributed by atoms with E-state index in [4.69, 9.17) is 4.74 Å². The first-order valence-electron chi connectivity index (χ1n) is 8.95. The third-order valence-electron chi connectivity index (χ3n) is 4.67. The fraction of sp³-hybridized carbons (Fsp3) is 0.190. The highest BCUT2D eigenvalue weighted by Gasteiger charge is 2.34. The monoisotopic (exact) mass is 413 g/mol. The lowest BCUT2D eigenvalue weighted by molar-refractivity contribution is -0.116. The molecule has 28 heavy (non-hydrogen) atoms. The second-order valence-corrected chi connectivity index (χ2v) is 9.30. The molecule has 1 aliphatic rings. The predicted molar refractivity (Wildman–Crippen MR) is 109 cm³/mol. The van der Waals surface area contributed by atoms with Crippen LogP contribution in [0, 0.1) is 0 Å². The molecule has 2 aromatic carbocycles. The molecular weight excluding hydrogens is 394 g/mol. The lowest BCUT2D eigenvalue weighted by Crippen LogP contribution is -2.23. The Hall–Kier alpha value is -2.64. The molecule has 1 aromatic heterocycles. The van der Waals surface area contributed by atoms with Crippen molar-refractivity contribution in [3.8, 4) is 5.75 Å². The van der Waals surface area contributed by atoms with Gasteiger partial charge in [-0.05, 0) is 36.8 Å². The zero-order valence-corrected chi connectivity index (χ0v) is 16.8. The second kappa shape index (κ2) is 7.41. The minimum atomic E-state index is -3.71. The Morgan fingerprint density at radius 1 is 1.14 bits per heavy atom. The van der Waals surface area contributed by atoms with E-state index in [-0.39, 0.29) is 28.0 Å². The third kappa shape index (κ3) is 3.31. The van der Waals surface area contributed by atoms with Crippen molar-refractivity contribution in [2.45, 2.75) is 29.1 Å². The fourth-order valence-electron chi connectivity index (χ4n) is 3.39. The van der Waals surface area contributed by atoms with Crippen LogP contribution < -0.4 is 10.1 Å². The Kier molecular flexibility index (Phi) is 4.95. The molecule has 1 atom stereocenters. The van der Waals surface area contributed by atoms with Gasteiger partial charge in [-0.2, -0.15) is 0 Å². The SMILES string of the molecule is CCOc1cccc(C2CC(=O)Nc3c(S(=O)(=O)c4ccccc4)csc32)c1. The minimum Gasteiger partial charge on any atom is -0.494 e. The number of nitrogens with one attached hydrogen (secondary N) is 1. The number of benzene rings is 2. The largest absolute Gasteiger partial charge is 0.494 e. The minimum absolute atomic E-state index is 0.151. The van der Waals surface area contributed by atoms with E-state index in [2.05, 4.69) is 5.32 Å². The molecule has 0 bridgehead atoms. The summed E-state index contributed by atoms with van der Waals surface area (Å²) < 4.78 is 31.8. The molecule has 1 unspecified atom stereocenters. The maximum absolute atomic E-state index is 13.1. The van der Waals surface area contributed by atoms with Crippen molar-refractivity contribution in [2.75, 3.05) is 11.9 Å². The maximum Gasteiger partial charge on any atom is 0.225 e. The van der Waals surface area contributed by atoms with Gasteiger partial charge in [0.15, 0.2) is 0 Å². The maximum atomic E-state index is 13.1. The Labute approximate surface area is 167 Å². The van der Waals surface area contributed by atoms with Gasteiger partial charge in [-0.1, -0.05) is 30.3 Å². The topological polar surface area (TPSA) is 72.5 Å². The van der Waals surface area contributed by atoms with Gasteiger partial charge in [0.2, 0.25) is 15.7 Å². The highest BCUT2D eigenvalue weighted by molar-refractivity contribution is 7.91. The quantitative estimate of drug-likeness (QED) is 0.671. The molecule has 5 nitrogen and oxygen atoms in total. The van der Waals surface area contributed by atoms with Crippen LogP contribution in [0.25, 0.3) is 0 Å². The van der Waals surface area contributed by atoms with Crippen molar-refractivity contribution >= 4 is 32.8 Å². The van der Waals surface area contributed by atoms with Crippen molar-refractivity contribution in [3.63, 3.8) is 0 Å². The summed E-state index contributed by atoms with van der Waals surface area (Å²) in [6.45, 7) is 2.47. The summed E-state index contributed by atoms with van der Waals surface area (Å²) in [5, 5.41) is 4.41. The van der Waals surface area contributed by atoms with Gasteiger partial charge in [0.05, 0.1) is 17.2 Å².